The summed E-state index contributed by atoms with van der Waals surface area (Å²) >= 11 is 0. The van der Waals surface area contributed by atoms with E-state index >= 15 is 0 Å². The number of nitrogens with zero attached hydrogens (tertiary/aromatic N) is 2. The number of Topliss-reactive ketones (excluding diaryl/α,β-unsaturated/α-hetero) is 1. The van der Waals surface area contributed by atoms with Crippen molar-refractivity contribution < 1.29 is 14.6 Å². The summed E-state index contributed by atoms with van der Waals surface area (Å²) in [5.41, 5.74) is 3.39. The highest BCUT2D eigenvalue weighted by Crippen LogP contribution is 2.27. The van der Waals surface area contributed by atoms with Crippen LogP contribution in [0.15, 0.2) is 42.5 Å². The third-order valence-corrected chi connectivity index (χ3v) is 4.19. The minimum absolute atomic E-state index is 0.306. The molecule has 0 saturated carbocycles. The number of ketones is 1. The number of aromatic nitrogens is 2. The van der Waals surface area contributed by atoms with Gasteiger partial charge in [-0.3, -0.25) is 4.79 Å². The van der Waals surface area contributed by atoms with Crippen molar-refractivity contribution in [1.82, 2.24) is 9.97 Å². The number of carbonyl (C=O) groups is 1. The number of hydrogen-bond donors (Lipinski definition) is 2. The van der Waals surface area contributed by atoms with Crippen molar-refractivity contribution in [2.24, 2.45) is 0 Å². The van der Waals surface area contributed by atoms with E-state index in [0.29, 0.717) is 31.0 Å². The lowest BCUT2D eigenvalue weighted by molar-refractivity contribution is 0.0903. The van der Waals surface area contributed by atoms with Gasteiger partial charge in [-0.05, 0) is 18.2 Å². The summed E-state index contributed by atoms with van der Waals surface area (Å²) in [6.07, 6.45) is 0. The second-order valence-electron chi connectivity index (χ2n) is 5.75. The largest absolute Gasteiger partial charge is 0.491 e. The molecule has 0 atom stereocenters. The first kappa shape index (κ1) is 14.7. The molecule has 2 heterocycles. The second-order valence-corrected chi connectivity index (χ2v) is 5.75. The van der Waals surface area contributed by atoms with Gasteiger partial charge in [0.15, 0.2) is 5.78 Å². The van der Waals surface area contributed by atoms with Crippen molar-refractivity contribution in [2.45, 2.75) is 6.54 Å². The van der Waals surface area contributed by atoms with E-state index in [9.17, 15) is 4.79 Å². The first-order chi connectivity index (χ1) is 11.7. The van der Waals surface area contributed by atoms with Crippen LogP contribution in [-0.4, -0.2) is 40.6 Å². The Morgan fingerprint density at radius 3 is 3.00 bits per heavy atom. The number of rotatable bonds is 3. The van der Waals surface area contributed by atoms with Crippen LogP contribution in [0.25, 0.3) is 11.0 Å². The number of fused-ring (bicyclic) bond motifs is 2. The van der Waals surface area contributed by atoms with Crippen molar-refractivity contribution >= 4 is 22.8 Å². The highest BCUT2D eigenvalue weighted by Gasteiger charge is 2.19. The number of aliphatic hydroxyl groups is 1. The SMILES string of the molecule is O=C(CO)c1ccc2c(c1)OCCN(c1nc3ccccc3[nH]1)C2. The summed E-state index contributed by atoms with van der Waals surface area (Å²) in [7, 11) is 0. The van der Waals surface area contributed by atoms with Crippen molar-refractivity contribution in [3.63, 3.8) is 0 Å². The van der Waals surface area contributed by atoms with E-state index in [-0.39, 0.29) is 5.78 Å². The van der Waals surface area contributed by atoms with E-state index in [4.69, 9.17) is 9.84 Å². The van der Waals surface area contributed by atoms with Crippen molar-refractivity contribution in [2.75, 3.05) is 24.7 Å². The number of para-hydroxylation sites is 2. The molecular formula is C18H17N3O3. The predicted molar refractivity (Wildman–Crippen MR) is 90.5 cm³/mol. The van der Waals surface area contributed by atoms with E-state index < -0.39 is 6.61 Å². The third-order valence-electron chi connectivity index (χ3n) is 4.19. The van der Waals surface area contributed by atoms with Gasteiger partial charge < -0.3 is 19.7 Å². The predicted octanol–water partition coefficient (Wildman–Crippen LogP) is 2.14. The zero-order valence-corrected chi connectivity index (χ0v) is 13.0. The number of imidazole rings is 1. The molecule has 6 heteroatoms. The van der Waals surface area contributed by atoms with E-state index in [1.54, 1.807) is 12.1 Å². The Hall–Kier alpha value is -2.86. The molecule has 6 nitrogen and oxygen atoms in total. The summed E-state index contributed by atoms with van der Waals surface area (Å²) < 4.78 is 5.79. The third kappa shape index (κ3) is 2.61. The first-order valence-electron chi connectivity index (χ1n) is 7.84. The summed E-state index contributed by atoms with van der Waals surface area (Å²) in [5.74, 6) is 1.19. The lowest BCUT2D eigenvalue weighted by Crippen LogP contribution is -2.26. The van der Waals surface area contributed by atoms with Crippen LogP contribution in [0.5, 0.6) is 5.75 Å². The number of nitrogens with one attached hydrogen (secondary N) is 1. The molecule has 4 rings (SSSR count). The monoisotopic (exact) mass is 323 g/mol. The molecule has 0 fully saturated rings. The molecule has 2 aromatic carbocycles. The van der Waals surface area contributed by atoms with E-state index in [1.807, 2.05) is 30.3 Å². The lowest BCUT2D eigenvalue weighted by Gasteiger charge is -2.18. The number of anilines is 1. The molecule has 0 radical (unpaired) electrons. The Balaban J connectivity index is 1.65. The van der Waals surface area contributed by atoms with E-state index in [0.717, 1.165) is 22.5 Å². The van der Waals surface area contributed by atoms with Gasteiger partial charge in [0, 0.05) is 17.7 Å². The zero-order chi connectivity index (χ0) is 16.5. The number of aromatic amines is 1. The number of ether oxygens (including phenoxy) is 1. The summed E-state index contributed by atoms with van der Waals surface area (Å²) in [4.78, 5) is 21.7. The number of aliphatic hydroxyl groups excluding tert-OH is 1. The molecule has 2 N–H and O–H groups in total. The van der Waals surface area contributed by atoms with Gasteiger partial charge in [-0.15, -0.1) is 0 Å². The van der Waals surface area contributed by atoms with E-state index in [2.05, 4.69) is 14.9 Å². The van der Waals surface area contributed by atoms with Crippen LogP contribution in [-0.2, 0) is 6.54 Å². The molecule has 3 aromatic rings. The van der Waals surface area contributed by atoms with Crippen LogP contribution < -0.4 is 9.64 Å². The Morgan fingerprint density at radius 1 is 1.29 bits per heavy atom. The summed E-state index contributed by atoms with van der Waals surface area (Å²) in [6, 6.07) is 13.2. The normalized spacial score (nSPS) is 14.1. The highest BCUT2D eigenvalue weighted by molar-refractivity contribution is 5.97. The van der Waals surface area contributed by atoms with Gasteiger partial charge in [-0.25, -0.2) is 4.98 Å². The number of H-pyrrole nitrogens is 1. The molecule has 24 heavy (non-hydrogen) atoms. The zero-order valence-electron chi connectivity index (χ0n) is 13.0. The fraction of sp³-hybridized carbons (Fsp3) is 0.222. The van der Waals surface area contributed by atoms with Gasteiger partial charge in [-0.2, -0.15) is 0 Å². The molecule has 1 aliphatic rings. The maximum Gasteiger partial charge on any atom is 0.204 e. The van der Waals surface area contributed by atoms with Crippen LogP contribution in [0.1, 0.15) is 15.9 Å². The van der Waals surface area contributed by atoms with Crippen LogP contribution in [0, 0.1) is 0 Å². The quantitative estimate of drug-likeness (QED) is 0.722. The maximum atomic E-state index is 11.6. The van der Waals surface area contributed by atoms with Crippen LogP contribution >= 0.6 is 0 Å². The molecular weight excluding hydrogens is 306 g/mol. The standard InChI is InChI=1S/C18H17N3O3/c22-11-16(23)12-5-6-13-10-21(7-8-24-17(13)9-12)18-19-14-3-1-2-4-15(14)20-18/h1-6,9,22H,7-8,10-11H2,(H,19,20). The van der Waals surface area contributed by atoms with Crippen molar-refractivity contribution in [3.05, 3.63) is 53.6 Å². The Kier molecular flexibility index (Phi) is 3.66. The minimum Gasteiger partial charge on any atom is -0.491 e. The average Bonchev–Trinajstić information content (AvgIpc) is 2.93. The van der Waals surface area contributed by atoms with Gasteiger partial charge in [0.1, 0.15) is 19.0 Å². The number of benzene rings is 2. The topological polar surface area (TPSA) is 78.5 Å². The van der Waals surface area contributed by atoms with Crippen molar-refractivity contribution in [3.8, 4) is 5.75 Å². The fourth-order valence-corrected chi connectivity index (χ4v) is 2.90. The van der Waals surface area contributed by atoms with Crippen LogP contribution in [0.3, 0.4) is 0 Å². The Labute approximate surface area is 138 Å². The molecule has 0 spiro atoms. The molecule has 0 unspecified atom stereocenters. The van der Waals surface area contributed by atoms with Gasteiger partial charge in [0.05, 0.1) is 17.6 Å². The molecule has 1 aromatic heterocycles. The highest BCUT2D eigenvalue weighted by atomic mass is 16.5. The molecule has 1 aliphatic heterocycles. The second kappa shape index (κ2) is 5.98. The maximum absolute atomic E-state index is 11.6. The first-order valence-corrected chi connectivity index (χ1v) is 7.84. The summed E-state index contributed by atoms with van der Waals surface area (Å²) in [5, 5.41) is 9.00. The van der Waals surface area contributed by atoms with Gasteiger partial charge in [0.2, 0.25) is 5.95 Å². The Bertz CT molecular complexity index is 870. The van der Waals surface area contributed by atoms with Crippen LogP contribution in [0.2, 0.25) is 0 Å². The van der Waals surface area contributed by atoms with E-state index in [1.165, 1.54) is 0 Å². The number of carbonyl (C=O) groups excluding carboxylic acids is 1. The van der Waals surface area contributed by atoms with Crippen molar-refractivity contribution in [1.29, 1.82) is 0 Å². The lowest BCUT2D eigenvalue weighted by atomic mass is 10.1. The average molecular weight is 323 g/mol. The Morgan fingerprint density at radius 2 is 2.17 bits per heavy atom. The smallest absolute Gasteiger partial charge is 0.204 e. The molecule has 0 aliphatic carbocycles. The van der Waals surface area contributed by atoms with Gasteiger partial charge in [0.25, 0.3) is 0 Å². The fourth-order valence-electron chi connectivity index (χ4n) is 2.90. The molecule has 0 amide bonds. The van der Waals surface area contributed by atoms with Gasteiger partial charge in [-0.1, -0.05) is 24.3 Å². The molecule has 122 valence electrons. The molecule has 0 saturated heterocycles. The van der Waals surface area contributed by atoms with Gasteiger partial charge >= 0.3 is 0 Å². The summed E-state index contributed by atoms with van der Waals surface area (Å²) in [6.45, 7) is 1.34. The molecule has 0 bridgehead atoms. The number of hydrogen-bond acceptors (Lipinski definition) is 5. The minimum atomic E-state index is -0.496. The van der Waals surface area contributed by atoms with Crippen LogP contribution in [0.4, 0.5) is 5.95 Å².